The molecule has 7 nitrogen and oxygen atoms in total. The summed E-state index contributed by atoms with van der Waals surface area (Å²) in [5.41, 5.74) is -0.0897. The molecule has 12 heteroatoms. The minimum atomic E-state index is -4.75. The number of carbonyl (C=O) groups excluding carboxylic acids is 2. The van der Waals surface area contributed by atoms with Crippen LogP contribution in [0.15, 0.2) is 77.7 Å². The zero-order valence-corrected chi connectivity index (χ0v) is 24.5. The first kappa shape index (κ1) is 32.0. The first-order chi connectivity index (χ1) is 19.1. The van der Waals surface area contributed by atoms with E-state index in [9.17, 15) is 31.2 Å². The van der Waals surface area contributed by atoms with Gasteiger partial charge in [0.05, 0.1) is 16.1 Å². The molecule has 0 heterocycles. The van der Waals surface area contributed by atoms with Gasteiger partial charge in [-0.3, -0.25) is 13.9 Å². The molecule has 220 valence electrons. The minimum absolute atomic E-state index is 0.104. The van der Waals surface area contributed by atoms with Gasteiger partial charge < -0.3 is 10.2 Å². The smallest absolute Gasteiger partial charge is 0.352 e. The van der Waals surface area contributed by atoms with Crippen molar-refractivity contribution in [3.8, 4) is 0 Å². The van der Waals surface area contributed by atoms with E-state index in [-0.39, 0.29) is 23.2 Å². The van der Waals surface area contributed by atoms with Gasteiger partial charge in [-0.1, -0.05) is 47.5 Å². The molecule has 3 aromatic carbocycles. The second kappa shape index (κ2) is 12.9. The van der Waals surface area contributed by atoms with Crippen molar-refractivity contribution >= 4 is 39.1 Å². The van der Waals surface area contributed by atoms with Crippen LogP contribution >= 0.6 is 11.6 Å². The van der Waals surface area contributed by atoms with Crippen molar-refractivity contribution < 1.29 is 31.2 Å². The number of carbonyl (C=O) groups is 2. The van der Waals surface area contributed by atoms with Crippen molar-refractivity contribution in [3.63, 3.8) is 0 Å². The molecule has 0 fully saturated rings. The topological polar surface area (TPSA) is 86.8 Å². The number of halogens is 4. The van der Waals surface area contributed by atoms with Gasteiger partial charge in [0.15, 0.2) is 0 Å². The molecule has 0 radical (unpaired) electrons. The Balaban J connectivity index is 2.10. The van der Waals surface area contributed by atoms with Gasteiger partial charge in [0.25, 0.3) is 10.0 Å². The van der Waals surface area contributed by atoms with Gasteiger partial charge >= 0.3 is 6.18 Å². The van der Waals surface area contributed by atoms with E-state index < -0.39 is 46.2 Å². The van der Waals surface area contributed by atoms with Crippen LogP contribution in [0.3, 0.4) is 0 Å². The fourth-order valence-electron chi connectivity index (χ4n) is 4.02. The van der Waals surface area contributed by atoms with Crippen LogP contribution in [0.5, 0.6) is 0 Å². The molecule has 2 amide bonds. The lowest BCUT2D eigenvalue weighted by Crippen LogP contribution is -2.52. The molecule has 1 N–H and O–H groups in total. The summed E-state index contributed by atoms with van der Waals surface area (Å²) in [6, 6.07) is 14.8. The number of rotatable bonds is 10. The normalized spacial score (nSPS) is 12.6. The number of sulfonamides is 1. The fraction of sp³-hybridized carbons (Fsp3) is 0.310. The summed E-state index contributed by atoms with van der Waals surface area (Å²) in [5.74, 6) is -1.29. The highest BCUT2D eigenvalue weighted by Crippen LogP contribution is 2.33. The number of amides is 2. The predicted molar refractivity (Wildman–Crippen MR) is 152 cm³/mol. The van der Waals surface area contributed by atoms with Gasteiger partial charge in [0.2, 0.25) is 11.8 Å². The van der Waals surface area contributed by atoms with E-state index in [2.05, 4.69) is 5.32 Å². The number of hydrogen-bond donors (Lipinski definition) is 1. The summed E-state index contributed by atoms with van der Waals surface area (Å²) in [7, 11) is -4.51. The Bertz CT molecular complexity index is 1500. The molecule has 0 saturated heterocycles. The average Bonchev–Trinajstić information content (AvgIpc) is 2.89. The Morgan fingerprint density at radius 2 is 1.59 bits per heavy atom. The maximum atomic E-state index is 13.8. The molecule has 0 saturated carbocycles. The molecule has 41 heavy (non-hydrogen) atoms. The third-order valence-electron chi connectivity index (χ3n) is 6.19. The van der Waals surface area contributed by atoms with Crippen LogP contribution < -0.4 is 9.62 Å². The fourth-order valence-corrected chi connectivity index (χ4v) is 5.64. The van der Waals surface area contributed by atoms with Crippen LogP contribution in [-0.2, 0) is 32.3 Å². The Labute approximate surface area is 243 Å². The molecular formula is C29H31ClF3N3O4S. The Hall–Kier alpha value is -3.57. The lowest BCUT2D eigenvalue weighted by molar-refractivity contribution is -0.139. The highest BCUT2D eigenvalue weighted by atomic mass is 35.5. The molecule has 0 spiro atoms. The molecule has 0 aliphatic rings. The predicted octanol–water partition coefficient (Wildman–Crippen LogP) is 5.80. The zero-order valence-electron chi connectivity index (χ0n) is 22.9. The van der Waals surface area contributed by atoms with Crippen molar-refractivity contribution in [2.75, 3.05) is 10.8 Å². The van der Waals surface area contributed by atoms with E-state index in [1.807, 2.05) is 0 Å². The average molecular weight is 610 g/mol. The van der Waals surface area contributed by atoms with E-state index in [0.717, 1.165) is 17.7 Å². The van der Waals surface area contributed by atoms with Gasteiger partial charge in [0.1, 0.15) is 12.6 Å². The van der Waals surface area contributed by atoms with Crippen LogP contribution in [0, 0.1) is 6.92 Å². The number of alkyl halides is 3. The maximum absolute atomic E-state index is 13.8. The second-order valence-electron chi connectivity index (χ2n) is 9.86. The highest BCUT2D eigenvalue weighted by Gasteiger charge is 2.35. The lowest BCUT2D eigenvalue weighted by atomic mass is 10.1. The van der Waals surface area contributed by atoms with E-state index in [1.165, 1.54) is 30.0 Å². The number of nitrogens with one attached hydrogen (secondary N) is 1. The van der Waals surface area contributed by atoms with Gasteiger partial charge in [-0.25, -0.2) is 8.42 Å². The third-order valence-corrected chi connectivity index (χ3v) is 8.21. The van der Waals surface area contributed by atoms with Gasteiger partial charge in [0, 0.05) is 17.6 Å². The van der Waals surface area contributed by atoms with E-state index >= 15 is 0 Å². The number of benzene rings is 3. The molecule has 0 aliphatic carbocycles. The Kier molecular flexibility index (Phi) is 10.1. The summed E-state index contributed by atoms with van der Waals surface area (Å²) >= 11 is 6.11. The van der Waals surface area contributed by atoms with Crippen molar-refractivity contribution in [2.45, 2.75) is 57.4 Å². The van der Waals surface area contributed by atoms with Crippen LogP contribution in [0.4, 0.5) is 18.9 Å². The van der Waals surface area contributed by atoms with E-state index in [1.54, 1.807) is 57.2 Å². The van der Waals surface area contributed by atoms with Gasteiger partial charge in [-0.05, 0) is 75.7 Å². The van der Waals surface area contributed by atoms with Gasteiger partial charge in [-0.2, -0.15) is 13.2 Å². The molecule has 0 aliphatic heterocycles. The molecule has 1 atom stereocenters. The van der Waals surface area contributed by atoms with Crippen molar-refractivity contribution in [1.29, 1.82) is 0 Å². The Morgan fingerprint density at radius 3 is 2.17 bits per heavy atom. The minimum Gasteiger partial charge on any atom is -0.352 e. The summed E-state index contributed by atoms with van der Waals surface area (Å²) in [6.45, 7) is 5.77. The molecule has 0 bridgehead atoms. The zero-order chi connectivity index (χ0) is 30.5. The second-order valence-corrected chi connectivity index (χ2v) is 12.2. The summed E-state index contributed by atoms with van der Waals surface area (Å²) in [5, 5.41) is 3.12. The van der Waals surface area contributed by atoms with Crippen molar-refractivity contribution in [3.05, 3.63) is 94.5 Å². The van der Waals surface area contributed by atoms with Crippen LogP contribution in [0.25, 0.3) is 0 Å². The monoisotopic (exact) mass is 609 g/mol. The quantitative estimate of drug-likeness (QED) is 0.315. The maximum Gasteiger partial charge on any atom is 0.416 e. The SMILES string of the molecule is Cc1ccc(S(=O)(=O)N(CC(=O)N(Cc2cccc(Cl)c2)[C@H](C)C(=O)NC(C)C)c2cccc(C(F)(F)F)c2)cc1. The first-order valence-corrected chi connectivity index (χ1v) is 14.5. The number of aryl methyl sites for hydroxylation is 1. The largest absolute Gasteiger partial charge is 0.416 e. The molecular weight excluding hydrogens is 579 g/mol. The third kappa shape index (κ3) is 8.23. The summed E-state index contributed by atoms with van der Waals surface area (Å²) in [6.07, 6.45) is -4.75. The highest BCUT2D eigenvalue weighted by molar-refractivity contribution is 7.92. The van der Waals surface area contributed by atoms with E-state index in [4.69, 9.17) is 11.6 Å². The van der Waals surface area contributed by atoms with Crippen LogP contribution in [-0.4, -0.2) is 43.8 Å². The van der Waals surface area contributed by atoms with Gasteiger partial charge in [-0.15, -0.1) is 0 Å². The Morgan fingerprint density at radius 1 is 0.951 bits per heavy atom. The molecule has 3 rings (SSSR count). The summed E-state index contributed by atoms with van der Waals surface area (Å²) < 4.78 is 68.9. The van der Waals surface area contributed by atoms with Crippen LogP contribution in [0.1, 0.15) is 37.5 Å². The van der Waals surface area contributed by atoms with Crippen molar-refractivity contribution in [1.82, 2.24) is 10.2 Å². The number of nitrogens with zero attached hydrogens (tertiary/aromatic N) is 2. The van der Waals surface area contributed by atoms with E-state index in [0.29, 0.717) is 21.0 Å². The molecule has 3 aromatic rings. The standard InChI is InChI=1S/C29H31ClF3N3O4S/c1-19(2)34-28(38)21(4)35(17-22-7-5-9-24(30)15-22)27(37)18-36(25-10-6-8-23(16-25)29(31,32)33)41(39,40)26-13-11-20(3)12-14-26/h5-16,19,21H,17-18H2,1-4H3,(H,34,38)/t21-/m1/s1. The molecule has 0 unspecified atom stereocenters. The number of anilines is 1. The lowest BCUT2D eigenvalue weighted by Gasteiger charge is -2.32. The number of hydrogen-bond acceptors (Lipinski definition) is 4. The molecule has 0 aromatic heterocycles. The van der Waals surface area contributed by atoms with Crippen molar-refractivity contribution in [2.24, 2.45) is 0 Å². The summed E-state index contributed by atoms with van der Waals surface area (Å²) in [4.78, 5) is 27.7. The van der Waals surface area contributed by atoms with Crippen LogP contribution in [0.2, 0.25) is 5.02 Å². The first-order valence-electron chi connectivity index (χ1n) is 12.7.